The molecule has 0 saturated heterocycles. The van der Waals surface area contributed by atoms with E-state index in [1.165, 1.54) is 74.3 Å². The van der Waals surface area contributed by atoms with E-state index in [9.17, 15) is 47.9 Å². The molecule has 0 aromatic rings. The van der Waals surface area contributed by atoms with Gasteiger partial charge in [0, 0.05) is 0 Å². The molecule has 0 unspecified atom stereocenters. The second-order valence-electron chi connectivity index (χ2n) is 12.1. The number of nitrogens with zero attached hydrogens (tertiary/aromatic N) is 10. The zero-order valence-corrected chi connectivity index (χ0v) is 36.7. The lowest BCUT2D eigenvalue weighted by Gasteiger charge is -1.99. The van der Waals surface area contributed by atoms with E-state index >= 15 is 0 Å². The van der Waals surface area contributed by atoms with Crippen LogP contribution in [0.4, 0.5) is 0 Å². The molecule has 0 radical (unpaired) electrons. The van der Waals surface area contributed by atoms with Crippen LogP contribution in [-0.2, 0) is 47.9 Å². The van der Waals surface area contributed by atoms with Crippen molar-refractivity contribution in [2.45, 2.75) is 122 Å². The largest absolute Gasteiger partial charge is 0.234 e. The van der Waals surface area contributed by atoms with Crippen molar-refractivity contribution in [2.24, 2.45) is 49.9 Å². The van der Waals surface area contributed by atoms with Crippen molar-refractivity contribution in [2.75, 3.05) is 77.0 Å². The number of thioether (sulfide) groups is 1. The third-order valence-corrected chi connectivity index (χ3v) is 8.33. The Balaban J connectivity index is -0.000000220. The van der Waals surface area contributed by atoms with Crippen LogP contribution >= 0.6 is 11.8 Å². The summed E-state index contributed by atoms with van der Waals surface area (Å²) in [6.45, 7) is 5.45. The van der Waals surface area contributed by atoms with Gasteiger partial charge in [-0.05, 0) is 82.1 Å². The van der Waals surface area contributed by atoms with Crippen LogP contribution in [0.2, 0.25) is 0 Å². The highest BCUT2D eigenvalue weighted by molar-refractivity contribution is 7.99. The first kappa shape index (κ1) is 65.3. The molecule has 21 heteroatoms. The van der Waals surface area contributed by atoms with Crippen molar-refractivity contribution >= 4 is 72.6 Å². The zero-order chi connectivity index (χ0) is 46.8. The summed E-state index contributed by atoms with van der Waals surface area (Å²) >= 11 is 1.77. The van der Waals surface area contributed by atoms with Crippen LogP contribution in [-0.4, -0.2) is 138 Å². The van der Waals surface area contributed by atoms with Crippen LogP contribution in [0.3, 0.4) is 0 Å². The van der Waals surface area contributed by atoms with E-state index in [2.05, 4.69) is 49.9 Å². The van der Waals surface area contributed by atoms with E-state index in [4.69, 9.17) is 0 Å². The Hall–Kier alpha value is -5.85. The SMILES string of the molecule is O=C=NCCCCCCCCCCN=C=O.O=C=NCCCCCCN=C=O.O=C=NCCCCCN=C=O.O=C=NCCCCN=C=O.O=C=NCCCSCCCN=C=O. The van der Waals surface area contributed by atoms with Gasteiger partial charge in [0.25, 0.3) is 0 Å². The molecule has 342 valence electrons. The van der Waals surface area contributed by atoms with Gasteiger partial charge < -0.3 is 0 Å². The van der Waals surface area contributed by atoms with E-state index in [-0.39, 0.29) is 0 Å². The first-order chi connectivity index (χ1) is 30.6. The summed E-state index contributed by atoms with van der Waals surface area (Å²) < 4.78 is 0. The van der Waals surface area contributed by atoms with Gasteiger partial charge in [-0.3, -0.25) is 0 Å². The average Bonchev–Trinajstić information content (AvgIpc) is 3.29. The maximum atomic E-state index is 9.76. The molecule has 0 N–H and O–H groups in total. The standard InChI is InChI=1S/C12H20N2O2.C8H12N2O2S.C8H12N2O2.C7H10N2O2.C6H8N2O2/c15-11-13-9-7-5-3-1-2-4-6-8-10-14-12-16;11-7-9-3-1-5-13-6-2-4-10-8-12;11-7-9-5-3-1-2-4-6-10-8-12;10-6-8-4-2-1-3-5-9-7-11;9-5-7-3-1-2-4-8-6-10/h1-10H2;1-6H2;1-6H2;1-5H2;1-4H2. The fourth-order valence-electron chi connectivity index (χ4n) is 4.17. The molecule has 0 rings (SSSR count). The minimum absolute atomic E-state index is 0.470. The van der Waals surface area contributed by atoms with E-state index < -0.39 is 0 Å². The maximum Gasteiger partial charge on any atom is 0.234 e. The molecule has 0 aliphatic heterocycles. The zero-order valence-electron chi connectivity index (χ0n) is 35.9. The van der Waals surface area contributed by atoms with Crippen molar-refractivity contribution < 1.29 is 47.9 Å². The quantitative estimate of drug-likeness (QED) is 0.0371. The molecule has 0 fully saturated rings. The molecule has 0 aliphatic rings. The summed E-state index contributed by atoms with van der Waals surface area (Å²) in [5.41, 5.74) is 0. The van der Waals surface area contributed by atoms with Crippen LogP contribution in [0.5, 0.6) is 0 Å². The number of unbranched alkanes of at least 4 members (excludes halogenated alkanes) is 13. The lowest BCUT2D eigenvalue weighted by atomic mass is 10.1. The molecule has 0 aromatic heterocycles. The molecular weight excluding hydrogens is 825 g/mol. The summed E-state index contributed by atoms with van der Waals surface area (Å²) in [7, 11) is 0. The van der Waals surface area contributed by atoms with Gasteiger partial charge in [-0.25, -0.2) is 97.9 Å². The Kier molecular flexibility index (Phi) is 79.9. The van der Waals surface area contributed by atoms with E-state index in [1.807, 2.05) is 0 Å². The third-order valence-electron chi connectivity index (χ3n) is 7.17. The number of hydrogen-bond acceptors (Lipinski definition) is 21. The van der Waals surface area contributed by atoms with Crippen molar-refractivity contribution in [1.29, 1.82) is 0 Å². The second kappa shape index (κ2) is 75.9. The fourth-order valence-corrected chi connectivity index (χ4v) is 5.04. The Morgan fingerprint density at radius 1 is 0.194 bits per heavy atom. The summed E-state index contributed by atoms with van der Waals surface area (Å²) in [5, 5.41) is 0. The number of rotatable bonds is 37. The number of aliphatic imine (C=N–C) groups is 10. The van der Waals surface area contributed by atoms with Crippen LogP contribution in [0.1, 0.15) is 122 Å². The molecule has 62 heavy (non-hydrogen) atoms. The minimum atomic E-state index is 0.470. The average molecular weight is 887 g/mol. The van der Waals surface area contributed by atoms with Crippen molar-refractivity contribution in [3.05, 3.63) is 0 Å². The fraction of sp³-hybridized carbons (Fsp3) is 0.756. The van der Waals surface area contributed by atoms with Crippen LogP contribution in [0.15, 0.2) is 49.9 Å². The number of carbonyl (C=O) groups excluding carboxylic acids is 10. The van der Waals surface area contributed by atoms with E-state index in [1.54, 1.807) is 23.9 Å². The topological polar surface area (TPSA) is 294 Å². The molecule has 0 saturated carbocycles. The molecule has 0 atom stereocenters. The molecule has 0 aromatic carbocycles. The molecule has 0 aliphatic carbocycles. The third kappa shape index (κ3) is 90.3. The molecule has 0 amide bonds. The summed E-state index contributed by atoms with van der Waals surface area (Å²) in [4.78, 5) is 130. The first-order valence-corrected chi connectivity index (χ1v) is 21.7. The number of hydrogen-bond donors (Lipinski definition) is 0. The van der Waals surface area contributed by atoms with Crippen molar-refractivity contribution in [1.82, 2.24) is 0 Å². The Morgan fingerprint density at radius 2 is 0.323 bits per heavy atom. The van der Waals surface area contributed by atoms with E-state index in [0.717, 1.165) is 108 Å². The summed E-state index contributed by atoms with van der Waals surface area (Å²) in [5.74, 6) is 1.96. The predicted molar refractivity (Wildman–Crippen MR) is 235 cm³/mol. The van der Waals surface area contributed by atoms with Crippen LogP contribution in [0, 0.1) is 0 Å². The molecule has 0 bridgehead atoms. The normalized spacial score (nSPS) is 8.45. The van der Waals surface area contributed by atoms with Crippen LogP contribution in [0.25, 0.3) is 0 Å². The van der Waals surface area contributed by atoms with Gasteiger partial charge in [-0.15, -0.1) is 0 Å². The predicted octanol–water partition coefficient (Wildman–Crippen LogP) is 6.44. The Bertz CT molecular complexity index is 1400. The first-order valence-electron chi connectivity index (χ1n) is 20.5. The van der Waals surface area contributed by atoms with Gasteiger partial charge in [0.2, 0.25) is 60.8 Å². The van der Waals surface area contributed by atoms with Crippen molar-refractivity contribution in [3.8, 4) is 0 Å². The van der Waals surface area contributed by atoms with Gasteiger partial charge in [0.05, 0.1) is 65.4 Å². The Morgan fingerprint density at radius 3 is 0.500 bits per heavy atom. The summed E-state index contributed by atoms with van der Waals surface area (Å²) in [6.07, 6.45) is 33.8. The highest BCUT2D eigenvalue weighted by Gasteiger charge is 1.93. The lowest BCUT2D eigenvalue weighted by Crippen LogP contribution is -1.89. The highest BCUT2D eigenvalue weighted by atomic mass is 32.2. The van der Waals surface area contributed by atoms with Gasteiger partial charge in [0.1, 0.15) is 0 Å². The molecular formula is C41H62N10O10S. The smallest absolute Gasteiger partial charge is 0.211 e. The monoisotopic (exact) mass is 886 g/mol. The summed E-state index contributed by atoms with van der Waals surface area (Å²) in [6, 6.07) is 0. The number of isocyanates is 10. The van der Waals surface area contributed by atoms with Gasteiger partial charge in [0.15, 0.2) is 0 Å². The van der Waals surface area contributed by atoms with Gasteiger partial charge in [-0.2, -0.15) is 11.8 Å². The molecule has 20 nitrogen and oxygen atoms in total. The second-order valence-corrected chi connectivity index (χ2v) is 13.3. The lowest BCUT2D eigenvalue weighted by molar-refractivity contribution is 0.553. The van der Waals surface area contributed by atoms with Gasteiger partial charge in [-0.1, -0.05) is 51.4 Å². The molecule has 0 heterocycles. The van der Waals surface area contributed by atoms with Gasteiger partial charge >= 0.3 is 0 Å². The van der Waals surface area contributed by atoms with Crippen LogP contribution < -0.4 is 0 Å². The minimum Gasteiger partial charge on any atom is -0.211 e. The highest BCUT2D eigenvalue weighted by Crippen LogP contribution is 2.08. The van der Waals surface area contributed by atoms with Crippen molar-refractivity contribution in [3.63, 3.8) is 0 Å². The maximum absolute atomic E-state index is 9.76. The van der Waals surface area contributed by atoms with E-state index in [0.29, 0.717) is 65.4 Å². The Labute approximate surface area is 368 Å². The molecule has 0 spiro atoms.